The van der Waals surface area contributed by atoms with E-state index < -0.39 is 0 Å². The number of piperidine rings is 1. The molecule has 5 nitrogen and oxygen atoms in total. The number of hydrogen-bond acceptors (Lipinski definition) is 4. The normalized spacial score (nSPS) is 17.0. The number of anilines is 1. The van der Waals surface area contributed by atoms with E-state index in [1.54, 1.807) is 17.0 Å². The Morgan fingerprint density at radius 3 is 2.78 bits per heavy atom. The summed E-state index contributed by atoms with van der Waals surface area (Å²) in [7, 11) is 0. The highest BCUT2D eigenvalue weighted by Crippen LogP contribution is 2.27. The third-order valence-corrected chi connectivity index (χ3v) is 5.92. The van der Waals surface area contributed by atoms with Gasteiger partial charge in [0.2, 0.25) is 11.8 Å². The van der Waals surface area contributed by atoms with Crippen LogP contribution >= 0.6 is 11.3 Å². The molecule has 0 aliphatic carbocycles. The van der Waals surface area contributed by atoms with E-state index >= 15 is 0 Å². The number of carbonyl (C=O) groups is 2. The molecule has 0 bridgehead atoms. The Bertz CT molecular complexity index is 819. The number of nitrogens with zero attached hydrogens (tertiary/aromatic N) is 2. The molecule has 27 heavy (non-hydrogen) atoms. The number of halogens is 1. The third-order valence-electron chi connectivity index (χ3n) is 4.85. The first-order valence-electron chi connectivity index (χ1n) is 9.25. The molecule has 144 valence electrons. The topological polar surface area (TPSA) is 62.3 Å². The number of amides is 2. The molecule has 1 fully saturated rings. The summed E-state index contributed by atoms with van der Waals surface area (Å²) in [4.78, 5) is 31.8. The van der Waals surface area contributed by atoms with E-state index in [4.69, 9.17) is 0 Å². The Hall–Kier alpha value is -2.28. The molecular formula is C20H24FN3O2S. The average molecular weight is 389 g/mol. The quantitative estimate of drug-likeness (QED) is 0.847. The van der Waals surface area contributed by atoms with Gasteiger partial charge in [0, 0.05) is 30.8 Å². The summed E-state index contributed by atoms with van der Waals surface area (Å²) in [5.41, 5.74) is 1.87. The zero-order chi connectivity index (χ0) is 19.4. The molecule has 2 aromatic rings. The van der Waals surface area contributed by atoms with Crippen molar-refractivity contribution in [3.63, 3.8) is 0 Å². The van der Waals surface area contributed by atoms with Gasteiger partial charge in [-0.05, 0) is 37.5 Å². The Balaban J connectivity index is 1.63. The molecule has 2 heterocycles. The molecule has 1 aromatic heterocycles. The van der Waals surface area contributed by atoms with E-state index in [0.29, 0.717) is 24.5 Å². The van der Waals surface area contributed by atoms with Crippen LogP contribution in [0.3, 0.4) is 0 Å². The minimum absolute atomic E-state index is 0.0781. The second-order valence-corrected chi connectivity index (χ2v) is 7.94. The van der Waals surface area contributed by atoms with Crippen molar-refractivity contribution < 1.29 is 14.0 Å². The number of nitrogens with one attached hydrogen (secondary N) is 1. The zero-order valence-electron chi connectivity index (χ0n) is 15.6. The van der Waals surface area contributed by atoms with Crippen LogP contribution in [-0.4, -0.2) is 34.8 Å². The lowest BCUT2D eigenvalue weighted by Gasteiger charge is -2.31. The highest BCUT2D eigenvalue weighted by molar-refractivity contribution is 7.15. The largest absolute Gasteiger partial charge is 0.342 e. The summed E-state index contributed by atoms with van der Waals surface area (Å²) >= 11 is 1.45. The number of benzene rings is 1. The predicted molar refractivity (Wildman–Crippen MR) is 104 cm³/mol. The van der Waals surface area contributed by atoms with Gasteiger partial charge in [0.25, 0.3) is 0 Å². The fraction of sp³-hybridized carbons (Fsp3) is 0.450. The predicted octanol–water partition coefficient (Wildman–Crippen LogP) is 3.77. The maximum absolute atomic E-state index is 13.0. The van der Waals surface area contributed by atoms with Gasteiger partial charge >= 0.3 is 0 Å². The third kappa shape index (κ3) is 4.91. The van der Waals surface area contributed by atoms with Crippen LogP contribution in [0.1, 0.15) is 42.3 Å². The van der Waals surface area contributed by atoms with Gasteiger partial charge in [-0.25, -0.2) is 9.37 Å². The molecule has 1 saturated heterocycles. The SMILES string of the molecule is CCC(=O)N1CCCC(C(=O)Nc2nc(C)c(Cc3ccc(F)cc3)s2)C1. The molecule has 3 rings (SSSR count). The van der Waals surface area contributed by atoms with E-state index in [9.17, 15) is 14.0 Å². The molecule has 1 unspecified atom stereocenters. The highest BCUT2D eigenvalue weighted by Gasteiger charge is 2.28. The number of likely N-dealkylation sites (tertiary alicyclic amines) is 1. The van der Waals surface area contributed by atoms with Gasteiger partial charge in [-0.1, -0.05) is 19.1 Å². The number of rotatable bonds is 5. The first-order valence-corrected chi connectivity index (χ1v) is 10.1. The van der Waals surface area contributed by atoms with Crippen molar-refractivity contribution in [3.8, 4) is 0 Å². The second kappa shape index (κ2) is 8.61. The summed E-state index contributed by atoms with van der Waals surface area (Å²) in [6.07, 6.45) is 2.75. The van der Waals surface area contributed by atoms with E-state index in [1.165, 1.54) is 23.5 Å². The van der Waals surface area contributed by atoms with Crippen molar-refractivity contribution in [2.75, 3.05) is 18.4 Å². The van der Waals surface area contributed by atoms with Crippen molar-refractivity contribution in [1.29, 1.82) is 0 Å². The monoisotopic (exact) mass is 389 g/mol. The van der Waals surface area contributed by atoms with Crippen LogP contribution in [0.25, 0.3) is 0 Å². The molecule has 7 heteroatoms. The van der Waals surface area contributed by atoms with Crippen LogP contribution in [0.5, 0.6) is 0 Å². The molecule has 1 N–H and O–H groups in total. The highest BCUT2D eigenvalue weighted by atomic mass is 32.1. The van der Waals surface area contributed by atoms with Gasteiger partial charge in [0.15, 0.2) is 5.13 Å². The van der Waals surface area contributed by atoms with Crippen LogP contribution in [0, 0.1) is 18.7 Å². The minimum Gasteiger partial charge on any atom is -0.342 e. The molecule has 1 atom stereocenters. The second-order valence-electron chi connectivity index (χ2n) is 6.85. The minimum atomic E-state index is -0.254. The van der Waals surface area contributed by atoms with E-state index in [2.05, 4.69) is 10.3 Å². The maximum atomic E-state index is 13.0. The van der Waals surface area contributed by atoms with Crippen molar-refractivity contribution in [2.45, 2.75) is 39.5 Å². The molecule has 0 spiro atoms. The van der Waals surface area contributed by atoms with Crippen LogP contribution in [0.2, 0.25) is 0 Å². The Morgan fingerprint density at radius 2 is 2.07 bits per heavy atom. The lowest BCUT2D eigenvalue weighted by atomic mass is 9.97. The van der Waals surface area contributed by atoms with Gasteiger partial charge in [-0.2, -0.15) is 0 Å². The molecular weight excluding hydrogens is 365 g/mol. The van der Waals surface area contributed by atoms with Crippen LogP contribution in [-0.2, 0) is 16.0 Å². The summed E-state index contributed by atoms with van der Waals surface area (Å²) in [5, 5.41) is 3.49. The Kier molecular flexibility index (Phi) is 6.21. The van der Waals surface area contributed by atoms with Crippen LogP contribution in [0.4, 0.5) is 9.52 Å². The van der Waals surface area contributed by atoms with Gasteiger partial charge in [0.1, 0.15) is 5.82 Å². The van der Waals surface area contributed by atoms with Crippen LogP contribution in [0.15, 0.2) is 24.3 Å². The number of thiazole rings is 1. The number of carbonyl (C=O) groups excluding carboxylic acids is 2. The lowest BCUT2D eigenvalue weighted by molar-refractivity contribution is -0.134. The fourth-order valence-electron chi connectivity index (χ4n) is 3.28. The van der Waals surface area contributed by atoms with Crippen LogP contribution < -0.4 is 5.32 Å². The van der Waals surface area contributed by atoms with E-state index in [-0.39, 0.29) is 23.5 Å². The standard InChI is InChI=1S/C20H24FN3O2S/c1-3-18(25)24-10-4-5-15(12-24)19(26)23-20-22-13(2)17(27-20)11-14-6-8-16(21)9-7-14/h6-9,15H,3-5,10-12H2,1-2H3,(H,22,23,26). The van der Waals surface area contributed by atoms with Crippen molar-refractivity contribution in [3.05, 3.63) is 46.2 Å². The first-order chi connectivity index (χ1) is 13.0. The Labute approximate surface area is 162 Å². The van der Waals surface area contributed by atoms with Crippen molar-refractivity contribution in [1.82, 2.24) is 9.88 Å². The molecule has 0 saturated carbocycles. The molecule has 2 amide bonds. The molecule has 0 radical (unpaired) electrons. The summed E-state index contributed by atoms with van der Waals surface area (Å²) in [6, 6.07) is 6.41. The first kappa shape index (κ1) is 19.5. The zero-order valence-corrected chi connectivity index (χ0v) is 16.4. The number of hydrogen-bond donors (Lipinski definition) is 1. The van der Waals surface area contributed by atoms with Crippen molar-refractivity contribution in [2.24, 2.45) is 5.92 Å². The van der Waals surface area contributed by atoms with Gasteiger partial charge in [-0.15, -0.1) is 11.3 Å². The number of aromatic nitrogens is 1. The van der Waals surface area contributed by atoms with E-state index in [0.717, 1.165) is 35.5 Å². The van der Waals surface area contributed by atoms with Gasteiger partial charge < -0.3 is 10.2 Å². The van der Waals surface area contributed by atoms with Crippen molar-refractivity contribution >= 4 is 28.3 Å². The fourth-order valence-corrected chi connectivity index (χ4v) is 4.28. The summed E-state index contributed by atoms with van der Waals surface area (Å²) < 4.78 is 13.0. The lowest BCUT2D eigenvalue weighted by Crippen LogP contribution is -2.43. The Morgan fingerprint density at radius 1 is 1.33 bits per heavy atom. The van der Waals surface area contributed by atoms with Gasteiger partial charge in [0.05, 0.1) is 11.6 Å². The molecule has 1 aliphatic heterocycles. The maximum Gasteiger partial charge on any atom is 0.231 e. The number of aryl methyl sites for hydroxylation is 1. The smallest absolute Gasteiger partial charge is 0.231 e. The van der Waals surface area contributed by atoms with Gasteiger partial charge in [-0.3, -0.25) is 9.59 Å². The summed E-state index contributed by atoms with van der Waals surface area (Å²) in [5.74, 6) is -0.431. The summed E-state index contributed by atoms with van der Waals surface area (Å²) in [6.45, 7) is 4.96. The average Bonchev–Trinajstić information content (AvgIpc) is 3.01. The molecule has 1 aromatic carbocycles. The molecule has 1 aliphatic rings. The van der Waals surface area contributed by atoms with E-state index in [1.807, 2.05) is 13.8 Å².